The van der Waals surface area contributed by atoms with Crippen LogP contribution in [0.2, 0.25) is 0 Å². The fourth-order valence-corrected chi connectivity index (χ4v) is 2.08. The minimum atomic E-state index is 0.261. The molecule has 16 heavy (non-hydrogen) atoms. The third-order valence-electron chi connectivity index (χ3n) is 2.55. The maximum atomic E-state index is 4.53. The van der Waals surface area contributed by atoms with Gasteiger partial charge < -0.3 is 5.32 Å². The zero-order valence-corrected chi connectivity index (χ0v) is 10.5. The molecule has 0 fully saturated rings. The predicted octanol–water partition coefficient (Wildman–Crippen LogP) is 2.79. The summed E-state index contributed by atoms with van der Waals surface area (Å²) in [5.41, 5.74) is 2.33. The third-order valence-corrected chi connectivity index (χ3v) is 3.45. The molecule has 1 N–H and O–H groups in total. The second kappa shape index (κ2) is 4.72. The van der Waals surface area contributed by atoms with Gasteiger partial charge >= 0.3 is 0 Å². The molecule has 1 heterocycles. The first-order valence-electron chi connectivity index (χ1n) is 5.28. The van der Waals surface area contributed by atoms with Gasteiger partial charge in [-0.15, -0.1) is 0 Å². The summed E-state index contributed by atoms with van der Waals surface area (Å²) >= 11 is 1.46. The number of rotatable bonds is 3. The van der Waals surface area contributed by atoms with E-state index in [1.165, 1.54) is 17.1 Å². The van der Waals surface area contributed by atoms with Crippen molar-refractivity contribution < 1.29 is 0 Å². The average molecular weight is 233 g/mol. The number of nitrogens with one attached hydrogen (secondary N) is 1. The molecule has 1 aromatic heterocycles. The van der Waals surface area contributed by atoms with Crippen LogP contribution in [0.4, 0.5) is 0 Å². The van der Waals surface area contributed by atoms with Crippen molar-refractivity contribution in [2.75, 3.05) is 7.05 Å². The van der Waals surface area contributed by atoms with E-state index in [1.807, 2.05) is 7.05 Å². The van der Waals surface area contributed by atoms with E-state index in [9.17, 15) is 0 Å². The summed E-state index contributed by atoms with van der Waals surface area (Å²) in [7, 11) is 1.93. The van der Waals surface area contributed by atoms with Gasteiger partial charge in [0.2, 0.25) is 0 Å². The Morgan fingerprint density at radius 2 is 1.94 bits per heavy atom. The molecule has 4 heteroatoms. The lowest BCUT2D eigenvalue weighted by atomic mass is 10.1. The molecular weight excluding hydrogens is 218 g/mol. The van der Waals surface area contributed by atoms with Crippen LogP contribution in [0, 0.1) is 6.92 Å². The fourth-order valence-electron chi connectivity index (χ4n) is 1.35. The fraction of sp³-hybridized carbons (Fsp3) is 0.333. The Morgan fingerprint density at radius 3 is 2.56 bits per heavy atom. The first-order chi connectivity index (χ1) is 7.70. The summed E-state index contributed by atoms with van der Waals surface area (Å²) in [6, 6.07) is 8.54. The van der Waals surface area contributed by atoms with Crippen LogP contribution in [0.3, 0.4) is 0 Å². The van der Waals surface area contributed by atoms with Crippen LogP contribution in [0.25, 0.3) is 11.4 Å². The van der Waals surface area contributed by atoms with Crippen molar-refractivity contribution in [3.8, 4) is 11.4 Å². The lowest BCUT2D eigenvalue weighted by molar-refractivity contribution is 0.648. The SMILES string of the molecule is CNC(C)c1nc(-c2ccc(C)cc2)ns1. The normalized spacial score (nSPS) is 12.7. The zero-order valence-electron chi connectivity index (χ0n) is 9.69. The van der Waals surface area contributed by atoms with Gasteiger partial charge in [-0.25, -0.2) is 4.98 Å². The first-order valence-corrected chi connectivity index (χ1v) is 6.06. The number of aryl methyl sites for hydroxylation is 1. The quantitative estimate of drug-likeness (QED) is 0.885. The van der Waals surface area contributed by atoms with Crippen molar-refractivity contribution >= 4 is 11.5 Å². The Balaban J connectivity index is 2.28. The van der Waals surface area contributed by atoms with Gasteiger partial charge in [0.15, 0.2) is 5.82 Å². The monoisotopic (exact) mass is 233 g/mol. The Morgan fingerprint density at radius 1 is 1.25 bits per heavy atom. The van der Waals surface area contributed by atoms with E-state index < -0.39 is 0 Å². The topological polar surface area (TPSA) is 37.8 Å². The van der Waals surface area contributed by atoms with Gasteiger partial charge in [0, 0.05) is 5.56 Å². The number of hydrogen-bond donors (Lipinski definition) is 1. The minimum Gasteiger partial charge on any atom is -0.311 e. The molecule has 0 aliphatic heterocycles. The van der Waals surface area contributed by atoms with E-state index in [0.29, 0.717) is 0 Å². The van der Waals surface area contributed by atoms with Crippen LogP contribution in [0.15, 0.2) is 24.3 Å². The molecule has 1 aromatic carbocycles. The maximum Gasteiger partial charge on any atom is 0.173 e. The molecule has 0 saturated heterocycles. The third kappa shape index (κ3) is 2.28. The summed E-state index contributed by atoms with van der Waals surface area (Å²) < 4.78 is 4.38. The van der Waals surface area contributed by atoms with Crippen LogP contribution < -0.4 is 5.32 Å². The van der Waals surface area contributed by atoms with Crippen molar-refractivity contribution in [1.29, 1.82) is 0 Å². The molecule has 0 radical (unpaired) electrons. The molecule has 1 atom stereocenters. The van der Waals surface area contributed by atoms with Gasteiger partial charge in [-0.3, -0.25) is 0 Å². The Bertz CT molecular complexity index is 461. The number of aromatic nitrogens is 2. The van der Waals surface area contributed by atoms with Crippen LogP contribution in [-0.4, -0.2) is 16.4 Å². The van der Waals surface area contributed by atoms with Crippen LogP contribution in [0.5, 0.6) is 0 Å². The lowest BCUT2D eigenvalue weighted by Gasteiger charge is -2.03. The highest BCUT2D eigenvalue weighted by atomic mass is 32.1. The zero-order chi connectivity index (χ0) is 11.5. The maximum absolute atomic E-state index is 4.53. The number of benzene rings is 1. The average Bonchev–Trinajstić information content (AvgIpc) is 2.78. The second-order valence-corrected chi connectivity index (χ2v) is 4.62. The van der Waals surface area contributed by atoms with Crippen molar-refractivity contribution in [3.05, 3.63) is 34.8 Å². The molecule has 2 rings (SSSR count). The van der Waals surface area contributed by atoms with Gasteiger partial charge in [0.1, 0.15) is 5.01 Å². The summed E-state index contributed by atoms with van der Waals surface area (Å²) in [5, 5.41) is 4.19. The molecule has 0 spiro atoms. The van der Waals surface area contributed by atoms with Gasteiger partial charge in [0.25, 0.3) is 0 Å². The molecule has 1 unspecified atom stereocenters. The van der Waals surface area contributed by atoms with E-state index in [4.69, 9.17) is 0 Å². The molecule has 0 aliphatic carbocycles. The van der Waals surface area contributed by atoms with Crippen molar-refractivity contribution in [3.63, 3.8) is 0 Å². The molecule has 2 aromatic rings. The van der Waals surface area contributed by atoms with Crippen molar-refractivity contribution in [2.45, 2.75) is 19.9 Å². The van der Waals surface area contributed by atoms with Gasteiger partial charge in [-0.05, 0) is 32.4 Å². The highest BCUT2D eigenvalue weighted by Crippen LogP contribution is 2.21. The molecule has 3 nitrogen and oxygen atoms in total. The van der Waals surface area contributed by atoms with Crippen molar-refractivity contribution in [2.24, 2.45) is 0 Å². The second-order valence-electron chi connectivity index (χ2n) is 3.83. The van der Waals surface area contributed by atoms with Crippen LogP contribution >= 0.6 is 11.5 Å². The van der Waals surface area contributed by atoms with E-state index in [-0.39, 0.29) is 6.04 Å². The smallest absolute Gasteiger partial charge is 0.173 e. The number of nitrogens with zero attached hydrogens (tertiary/aromatic N) is 2. The van der Waals surface area contributed by atoms with E-state index in [1.54, 1.807) is 0 Å². The van der Waals surface area contributed by atoms with Gasteiger partial charge in [0.05, 0.1) is 6.04 Å². The van der Waals surface area contributed by atoms with Crippen LogP contribution in [-0.2, 0) is 0 Å². The van der Waals surface area contributed by atoms with Crippen LogP contribution in [0.1, 0.15) is 23.5 Å². The highest BCUT2D eigenvalue weighted by Gasteiger charge is 2.10. The highest BCUT2D eigenvalue weighted by molar-refractivity contribution is 7.05. The van der Waals surface area contributed by atoms with E-state index >= 15 is 0 Å². The Kier molecular flexibility index (Phi) is 3.31. The molecule has 84 valence electrons. The number of hydrogen-bond acceptors (Lipinski definition) is 4. The van der Waals surface area contributed by atoms with Gasteiger partial charge in [-0.2, -0.15) is 4.37 Å². The molecule has 0 amide bonds. The standard InChI is InChI=1S/C12H15N3S/c1-8-4-6-10(7-5-8)11-14-12(16-15-11)9(2)13-3/h4-7,9,13H,1-3H3. The summed E-state index contributed by atoms with van der Waals surface area (Å²) in [6.07, 6.45) is 0. The Hall–Kier alpha value is -1.26. The summed E-state index contributed by atoms with van der Waals surface area (Å²) in [6.45, 7) is 4.16. The first kappa shape index (κ1) is 11.2. The summed E-state index contributed by atoms with van der Waals surface area (Å²) in [5.74, 6) is 0.821. The predicted molar refractivity (Wildman–Crippen MR) is 67.6 cm³/mol. The molecular formula is C12H15N3S. The van der Waals surface area contributed by atoms with E-state index in [0.717, 1.165) is 16.4 Å². The molecule has 0 bridgehead atoms. The molecule has 0 aliphatic rings. The Labute approximate surface area is 99.7 Å². The molecule has 0 saturated carbocycles. The van der Waals surface area contributed by atoms with E-state index in [2.05, 4.69) is 52.8 Å². The summed E-state index contributed by atoms with van der Waals surface area (Å²) in [4.78, 5) is 4.53. The van der Waals surface area contributed by atoms with Crippen molar-refractivity contribution in [1.82, 2.24) is 14.7 Å². The minimum absolute atomic E-state index is 0.261. The van der Waals surface area contributed by atoms with Gasteiger partial charge in [-0.1, -0.05) is 29.8 Å². The lowest BCUT2D eigenvalue weighted by Crippen LogP contribution is -2.11. The largest absolute Gasteiger partial charge is 0.311 e.